The van der Waals surface area contributed by atoms with Crippen LogP contribution in [-0.2, 0) is 0 Å². The van der Waals surface area contributed by atoms with E-state index in [4.69, 9.17) is 4.74 Å². The molecule has 2 N–H and O–H groups in total. The minimum atomic E-state index is -1.13. The van der Waals surface area contributed by atoms with Crippen LogP contribution in [0.1, 0.15) is 116 Å². The molecular weight excluding hydrogens is 438 g/mol. The molecule has 192 valence electrons. The van der Waals surface area contributed by atoms with E-state index in [0.717, 1.165) is 24.0 Å². The smallest absolute Gasteiger partial charge is 0.336 e. The fraction of sp³-hybridized carbons (Fsp3) is 0.533. The second kappa shape index (κ2) is 16.0. The molecule has 35 heavy (non-hydrogen) atoms. The van der Waals surface area contributed by atoms with Crippen LogP contribution in [0, 0.1) is 13.8 Å². The van der Waals surface area contributed by atoms with E-state index in [0.29, 0.717) is 18.0 Å². The van der Waals surface area contributed by atoms with Crippen molar-refractivity contribution < 1.29 is 19.4 Å². The highest BCUT2D eigenvalue weighted by atomic mass is 16.5. The summed E-state index contributed by atoms with van der Waals surface area (Å²) in [6.07, 6.45) is 15.5. The minimum absolute atomic E-state index is 0.0201. The summed E-state index contributed by atoms with van der Waals surface area (Å²) in [6.45, 7) is 6.78. The number of ether oxygens (including phenoxy) is 1. The van der Waals surface area contributed by atoms with Gasteiger partial charge in [0.25, 0.3) is 5.91 Å². The number of anilines is 1. The zero-order valence-electron chi connectivity index (χ0n) is 21.8. The van der Waals surface area contributed by atoms with Gasteiger partial charge in [0, 0.05) is 0 Å². The first-order valence-corrected chi connectivity index (χ1v) is 13.3. The van der Waals surface area contributed by atoms with Crippen LogP contribution >= 0.6 is 0 Å². The van der Waals surface area contributed by atoms with Gasteiger partial charge in [-0.15, -0.1) is 0 Å². The second-order valence-corrected chi connectivity index (χ2v) is 9.50. The number of benzene rings is 2. The Kier molecular flexibility index (Phi) is 13.0. The number of aryl methyl sites for hydroxylation is 2. The first-order chi connectivity index (χ1) is 16.9. The van der Waals surface area contributed by atoms with E-state index < -0.39 is 11.9 Å². The number of carbonyl (C=O) groups is 2. The predicted molar refractivity (Wildman–Crippen MR) is 144 cm³/mol. The molecule has 0 aliphatic rings. The number of hydrogen-bond acceptors (Lipinski definition) is 3. The molecule has 2 aromatic carbocycles. The Morgan fingerprint density at radius 2 is 1.34 bits per heavy atom. The van der Waals surface area contributed by atoms with E-state index in [2.05, 4.69) is 12.2 Å². The molecule has 0 fully saturated rings. The monoisotopic (exact) mass is 481 g/mol. The molecule has 0 bridgehead atoms. The van der Waals surface area contributed by atoms with Crippen LogP contribution in [-0.4, -0.2) is 23.6 Å². The van der Waals surface area contributed by atoms with Gasteiger partial charge in [-0.25, -0.2) is 4.79 Å². The molecule has 5 nitrogen and oxygen atoms in total. The lowest BCUT2D eigenvalue weighted by atomic mass is 10.1. The Labute approximate surface area is 211 Å². The van der Waals surface area contributed by atoms with Crippen LogP contribution in [0.2, 0.25) is 0 Å². The van der Waals surface area contributed by atoms with E-state index in [1.54, 1.807) is 12.1 Å². The van der Waals surface area contributed by atoms with Crippen molar-refractivity contribution in [3.63, 3.8) is 0 Å². The molecule has 2 rings (SSSR count). The molecule has 0 aliphatic carbocycles. The Morgan fingerprint density at radius 3 is 1.91 bits per heavy atom. The molecule has 0 aromatic heterocycles. The third-order valence-electron chi connectivity index (χ3n) is 6.31. The number of rotatable bonds is 17. The maximum atomic E-state index is 12.9. The van der Waals surface area contributed by atoms with Gasteiger partial charge in [-0.2, -0.15) is 0 Å². The molecule has 1 amide bonds. The number of hydrogen-bond donors (Lipinski definition) is 2. The van der Waals surface area contributed by atoms with E-state index in [1.165, 1.54) is 76.3 Å². The molecule has 0 heterocycles. The molecule has 0 aliphatic heterocycles. The van der Waals surface area contributed by atoms with Crippen LogP contribution in [0.3, 0.4) is 0 Å². The van der Waals surface area contributed by atoms with Gasteiger partial charge >= 0.3 is 5.97 Å². The Morgan fingerprint density at radius 1 is 0.800 bits per heavy atom. The van der Waals surface area contributed by atoms with E-state index in [-0.39, 0.29) is 11.1 Å². The van der Waals surface area contributed by atoms with Gasteiger partial charge in [-0.3, -0.25) is 4.79 Å². The van der Waals surface area contributed by atoms with Crippen molar-refractivity contribution in [3.8, 4) is 5.75 Å². The summed E-state index contributed by atoms with van der Waals surface area (Å²) in [5.74, 6) is -0.928. The lowest BCUT2D eigenvalue weighted by Gasteiger charge is -2.17. The summed E-state index contributed by atoms with van der Waals surface area (Å²) in [5, 5.41) is 12.3. The quantitative estimate of drug-likeness (QED) is 0.223. The van der Waals surface area contributed by atoms with Crippen molar-refractivity contribution in [2.45, 2.75) is 97.8 Å². The molecule has 0 atom stereocenters. The summed E-state index contributed by atoms with van der Waals surface area (Å²) in [4.78, 5) is 24.4. The number of carboxylic acid groups (broad SMARTS) is 1. The number of unbranched alkanes of at least 4 members (excludes halogenated alkanes) is 11. The fourth-order valence-corrected chi connectivity index (χ4v) is 4.41. The molecule has 0 unspecified atom stereocenters. The molecule has 0 saturated carbocycles. The normalized spacial score (nSPS) is 10.8. The summed E-state index contributed by atoms with van der Waals surface area (Å²) in [5.41, 5.74) is 2.64. The molecule has 2 aromatic rings. The summed E-state index contributed by atoms with van der Waals surface area (Å²) >= 11 is 0. The van der Waals surface area contributed by atoms with Gasteiger partial charge in [0.05, 0.1) is 23.4 Å². The van der Waals surface area contributed by atoms with Crippen molar-refractivity contribution in [1.82, 2.24) is 0 Å². The largest absolute Gasteiger partial charge is 0.491 e. The van der Waals surface area contributed by atoms with Crippen LogP contribution in [0.15, 0.2) is 36.4 Å². The fourth-order valence-electron chi connectivity index (χ4n) is 4.41. The molecule has 0 spiro atoms. The van der Waals surface area contributed by atoms with Crippen LogP contribution in [0.4, 0.5) is 5.69 Å². The molecular formula is C30H43NO4. The van der Waals surface area contributed by atoms with Gasteiger partial charge < -0.3 is 15.2 Å². The van der Waals surface area contributed by atoms with Crippen LogP contribution in [0.25, 0.3) is 0 Å². The van der Waals surface area contributed by atoms with Gasteiger partial charge in [-0.1, -0.05) is 95.8 Å². The average molecular weight is 482 g/mol. The zero-order valence-corrected chi connectivity index (χ0v) is 21.8. The summed E-state index contributed by atoms with van der Waals surface area (Å²) in [6, 6.07) is 10.1. The minimum Gasteiger partial charge on any atom is -0.491 e. The summed E-state index contributed by atoms with van der Waals surface area (Å²) < 4.78 is 6.10. The van der Waals surface area contributed by atoms with E-state index >= 15 is 0 Å². The second-order valence-electron chi connectivity index (χ2n) is 9.50. The van der Waals surface area contributed by atoms with Gasteiger partial charge in [-0.05, 0) is 49.6 Å². The molecule has 0 saturated heterocycles. The Bertz CT molecular complexity index is 938. The maximum Gasteiger partial charge on any atom is 0.336 e. The number of carboxylic acids is 1. The van der Waals surface area contributed by atoms with Crippen molar-refractivity contribution in [2.75, 3.05) is 11.9 Å². The number of amides is 1. The SMILES string of the molecule is CCCCCCCCCCCCCCOc1c(C)cc(C)cc1NC(=O)c1ccccc1C(=O)O. The standard InChI is InChI=1S/C30H43NO4/c1-4-5-6-7-8-9-10-11-12-13-14-17-20-35-28-24(3)21-23(2)22-27(28)31-29(32)25-18-15-16-19-26(25)30(33)34/h15-16,18-19,21-22H,4-14,17,20H2,1-3H3,(H,31,32)(H,33,34). The van der Waals surface area contributed by atoms with Crippen molar-refractivity contribution in [3.05, 3.63) is 58.7 Å². The molecule has 0 radical (unpaired) electrons. The highest BCUT2D eigenvalue weighted by Crippen LogP contribution is 2.31. The highest BCUT2D eigenvalue weighted by molar-refractivity contribution is 6.11. The van der Waals surface area contributed by atoms with Crippen LogP contribution < -0.4 is 10.1 Å². The Balaban J connectivity index is 1.79. The first-order valence-electron chi connectivity index (χ1n) is 13.3. The number of nitrogens with one attached hydrogen (secondary N) is 1. The summed E-state index contributed by atoms with van der Waals surface area (Å²) in [7, 11) is 0. The first kappa shape index (κ1) is 28.4. The lowest BCUT2D eigenvalue weighted by Crippen LogP contribution is -2.17. The Hall–Kier alpha value is -2.82. The third-order valence-corrected chi connectivity index (χ3v) is 6.31. The van der Waals surface area contributed by atoms with Gasteiger partial charge in [0.15, 0.2) is 0 Å². The third kappa shape index (κ3) is 10.1. The van der Waals surface area contributed by atoms with E-state index in [1.807, 2.05) is 26.0 Å². The number of aromatic carboxylic acids is 1. The number of carbonyl (C=O) groups excluding carboxylic acids is 1. The van der Waals surface area contributed by atoms with E-state index in [9.17, 15) is 14.7 Å². The zero-order chi connectivity index (χ0) is 25.5. The van der Waals surface area contributed by atoms with Gasteiger partial charge in [0.2, 0.25) is 0 Å². The van der Waals surface area contributed by atoms with Crippen LogP contribution in [0.5, 0.6) is 5.75 Å². The van der Waals surface area contributed by atoms with Crippen molar-refractivity contribution in [2.24, 2.45) is 0 Å². The topological polar surface area (TPSA) is 75.6 Å². The molecule has 5 heteroatoms. The predicted octanol–water partition coefficient (Wildman–Crippen LogP) is 8.33. The maximum absolute atomic E-state index is 12.9. The lowest BCUT2D eigenvalue weighted by molar-refractivity contribution is 0.0692. The van der Waals surface area contributed by atoms with Gasteiger partial charge in [0.1, 0.15) is 5.75 Å². The van der Waals surface area contributed by atoms with Crippen molar-refractivity contribution >= 4 is 17.6 Å². The van der Waals surface area contributed by atoms with Crippen molar-refractivity contribution in [1.29, 1.82) is 0 Å². The average Bonchev–Trinajstić information content (AvgIpc) is 2.83. The highest BCUT2D eigenvalue weighted by Gasteiger charge is 2.18.